The minimum Gasteiger partial charge on any atom is -0.486 e. The van der Waals surface area contributed by atoms with Gasteiger partial charge in [0, 0.05) is 56.7 Å². The summed E-state index contributed by atoms with van der Waals surface area (Å²) < 4.78 is 13.9. The van der Waals surface area contributed by atoms with E-state index in [1.165, 1.54) is 12.1 Å². The maximum Gasteiger partial charge on any atom is 0.258 e. The number of aryl methyl sites for hydroxylation is 2. The maximum atomic E-state index is 13.9. The van der Waals surface area contributed by atoms with E-state index in [1.54, 1.807) is 38.9 Å². The van der Waals surface area contributed by atoms with Crippen LogP contribution in [0.3, 0.4) is 0 Å². The van der Waals surface area contributed by atoms with E-state index in [9.17, 15) is 24.3 Å². The number of hydrogen-bond acceptors (Lipinski definition) is 8. The fraction of sp³-hybridized carbons (Fsp3) is 0.457. The molecule has 2 saturated heterocycles. The standard InChI is InChI=1S/C35H42N6O7/c1-3-10-41-17-29(22(2)38-41)35(46)40-18-30-31(19-40)48-27-6-4-23(5-7-27)16-36-32(43)21-47-28-14-25(33(44)37-30)13-26(15-28)34(45)39-11-8-24(20-42)9-12-39/h4-7,13-15,17,24,30-31,42H,3,8-12,16,18-21H2,1-2H3,(H,36,43)(H,37,44)/t30-,31-/m0/s1. The Morgan fingerprint density at radius 3 is 2.50 bits per heavy atom. The Bertz CT molecular complexity index is 1660. The number of ether oxygens (including phenoxy) is 2. The number of carbonyl (C=O) groups excluding carboxylic acids is 4. The van der Waals surface area contributed by atoms with Crippen molar-refractivity contribution in [2.24, 2.45) is 5.92 Å². The van der Waals surface area contributed by atoms with E-state index in [1.807, 2.05) is 26.0 Å². The number of aromatic nitrogens is 2. The fourth-order valence-corrected chi connectivity index (χ4v) is 6.39. The van der Waals surface area contributed by atoms with Gasteiger partial charge in [-0.1, -0.05) is 19.1 Å². The number of nitrogens with one attached hydrogen (secondary N) is 2. The summed E-state index contributed by atoms with van der Waals surface area (Å²) >= 11 is 0. The predicted octanol–water partition coefficient (Wildman–Crippen LogP) is 2.16. The number of amides is 4. The van der Waals surface area contributed by atoms with Gasteiger partial charge in [-0.2, -0.15) is 5.10 Å². The van der Waals surface area contributed by atoms with Crippen molar-refractivity contribution < 1.29 is 33.8 Å². The molecule has 4 amide bonds. The molecule has 0 radical (unpaired) electrons. The Kier molecular flexibility index (Phi) is 9.95. The Balaban J connectivity index is 1.29. The lowest BCUT2D eigenvalue weighted by atomic mass is 9.97. The second kappa shape index (κ2) is 14.5. The van der Waals surface area contributed by atoms with Gasteiger partial charge in [-0.05, 0) is 68.0 Å². The molecule has 0 aliphatic carbocycles. The monoisotopic (exact) mass is 658 g/mol. The molecule has 1 aromatic heterocycles. The molecule has 0 unspecified atom stereocenters. The molecular formula is C35H42N6O7. The molecule has 0 saturated carbocycles. The van der Waals surface area contributed by atoms with E-state index in [4.69, 9.17) is 9.47 Å². The molecule has 7 rings (SSSR count). The highest BCUT2D eigenvalue weighted by molar-refractivity contribution is 6.01. The molecular weight excluding hydrogens is 616 g/mol. The van der Waals surface area contributed by atoms with Gasteiger partial charge in [0.2, 0.25) is 0 Å². The summed E-state index contributed by atoms with van der Waals surface area (Å²) in [5.41, 5.74) is 2.43. The molecule has 2 aromatic carbocycles. The molecule has 0 spiro atoms. The predicted molar refractivity (Wildman–Crippen MR) is 175 cm³/mol. The number of hydrogen-bond donors (Lipinski definition) is 3. The second-order valence-electron chi connectivity index (χ2n) is 12.7. The Hall–Kier alpha value is -4.91. The van der Waals surface area contributed by atoms with Crippen LogP contribution in [0, 0.1) is 12.8 Å². The first-order chi connectivity index (χ1) is 23.2. The summed E-state index contributed by atoms with van der Waals surface area (Å²) in [4.78, 5) is 57.2. The molecule has 4 aliphatic heterocycles. The van der Waals surface area contributed by atoms with Crippen LogP contribution < -0.4 is 20.1 Å². The average molecular weight is 659 g/mol. The summed E-state index contributed by atoms with van der Waals surface area (Å²) in [6, 6.07) is 11.3. The highest BCUT2D eigenvalue weighted by atomic mass is 16.5. The smallest absolute Gasteiger partial charge is 0.258 e. The van der Waals surface area contributed by atoms with Crippen molar-refractivity contribution in [1.29, 1.82) is 0 Å². The van der Waals surface area contributed by atoms with Crippen LogP contribution in [-0.4, -0.2) is 99.9 Å². The number of rotatable bonds is 5. The van der Waals surface area contributed by atoms with E-state index in [-0.39, 0.29) is 73.4 Å². The topological polar surface area (TPSA) is 155 Å². The third-order valence-corrected chi connectivity index (χ3v) is 9.15. The van der Waals surface area contributed by atoms with Crippen LogP contribution in [-0.2, 0) is 17.9 Å². The molecule has 4 bridgehead atoms. The lowest BCUT2D eigenvalue weighted by Gasteiger charge is -2.31. The molecule has 5 heterocycles. The zero-order valence-corrected chi connectivity index (χ0v) is 27.3. The van der Waals surface area contributed by atoms with Gasteiger partial charge < -0.3 is 35.0 Å². The number of piperidine rings is 1. The summed E-state index contributed by atoms with van der Waals surface area (Å²) in [5, 5.41) is 19.9. The molecule has 48 heavy (non-hydrogen) atoms. The summed E-state index contributed by atoms with van der Waals surface area (Å²) in [7, 11) is 0. The number of likely N-dealkylation sites (tertiary alicyclic amines) is 2. The SMILES string of the molecule is CCCn1cc(C(=O)N2C[C@@H]3NC(=O)c4cc(cc(C(=O)N5CCC(CO)CC5)c4)OCC(=O)NCc4ccc(cc4)O[C@H]3C2)c(C)n1. The van der Waals surface area contributed by atoms with E-state index >= 15 is 0 Å². The summed E-state index contributed by atoms with van der Waals surface area (Å²) in [5.74, 6) is -0.373. The van der Waals surface area contributed by atoms with Crippen LogP contribution in [0.5, 0.6) is 11.5 Å². The fourth-order valence-electron chi connectivity index (χ4n) is 6.39. The van der Waals surface area contributed by atoms with Crippen LogP contribution in [0.15, 0.2) is 48.7 Å². The first kappa shape index (κ1) is 33.0. The zero-order valence-electron chi connectivity index (χ0n) is 27.3. The van der Waals surface area contributed by atoms with Crippen molar-refractivity contribution in [1.82, 2.24) is 30.2 Å². The third kappa shape index (κ3) is 7.46. The molecule has 3 N–H and O–H groups in total. The Labute approximate surface area is 279 Å². The van der Waals surface area contributed by atoms with Gasteiger partial charge in [0.15, 0.2) is 6.61 Å². The van der Waals surface area contributed by atoms with Crippen molar-refractivity contribution in [3.8, 4) is 11.5 Å². The molecule has 4 aliphatic rings. The second-order valence-corrected chi connectivity index (χ2v) is 12.7. The first-order valence-corrected chi connectivity index (χ1v) is 16.5. The van der Waals surface area contributed by atoms with Gasteiger partial charge in [-0.25, -0.2) is 0 Å². The molecule has 3 aromatic rings. The molecule has 254 valence electrons. The number of benzene rings is 2. The van der Waals surface area contributed by atoms with Crippen molar-refractivity contribution in [3.05, 3.63) is 76.6 Å². The molecule has 13 heteroatoms. The highest BCUT2D eigenvalue weighted by Gasteiger charge is 2.39. The van der Waals surface area contributed by atoms with Crippen molar-refractivity contribution in [3.63, 3.8) is 0 Å². The molecule has 13 nitrogen and oxygen atoms in total. The van der Waals surface area contributed by atoms with Crippen LogP contribution >= 0.6 is 0 Å². The lowest BCUT2D eigenvalue weighted by molar-refractivity contribution is -0.123. The highest BCUT2D eigenvalue weighted by Crippen LogP contribution is 2.25. The average Bonchev–Trinajstić information content (AvgIpc) is 3.67. The van der Waals surface area contributed by atoms with E-state index in [0.717, 1.165) is 12.0 Å². The Morgan fingerprint density at radius 1 is 1.00 bits per heavy atom. The summed E-state index contributed by atoms with van der Waals surface area (Å²) in [6.45, 7) is 6.01. The third-order valence-electron chi connectivity index (χ3n) is 9.15. The summed E-state index contributed by atoms with van der Waals surface area (Å²) in [6.07, 6.45) is 3.45. The van der Waals surface area contributed by atoms with Gasteiger partial charge >= 0.3 is 0 Å². The largest absolute Gasteiger partial charge is 0.486 e. The van der Waals surface area contributed by atoms with E-state index in [2.05, 4.69) is 15.7 Å². The minimum atomic E-state index is -0.577. The quantitative estimate of drug-likeness (QED) is 0.377. The van der Waals surface area contributed by atoms with Crippen molar-refractivity contribution in [2.45, 2.75) is 58.3 Å². The van der Waals surface area contributed by atoms with Crippen molar-refractivity contribution >= 4 is 23.6 Å². The van der Waals surface area contributed by atoms with Crippen molar-refractivity contribution in [2.75, 3.05) is 39.4 Å². The van der Waals surface area contributed by atoms with Gasteiger partial charge in [0.05, 0.1) is 23.8 Å². The van der Waals surface area contributed by atoms with E-state index in [0.29, 0.717) is 49.5 Å². The maximum absolute atomic E-state index is 13.9. The van der Waals surface area contributed by atoms with Crippen LogP contribution in [0.4, 0.5) is 0 Å². The van der Waals surface area contributed by atoms with Crippen LogP contribution in [0.1, 0.15) is 68.5 Å². The van der Waals surface area contributed by atoms with Gasteiger partial charge in [-0.15, -0.1) is 0 Å². The van der Waals surface area contributed by atoms with Gasteiger partial charge in [0.25, 0.3) is 23.6 Å². The molecule has 2 fully saturated rings. The van der Waals surface area contributed by atoms with Gasteiger partial charge in [0.1, 0.15) is 17.6 Å². The van der Waals surface area contributed by atoms with Crippen LogP contribution in [0.25, 0.3) is 0 Å². The number of aliphatic hydroxyl groups is 1. The molecule has 2 atom stereocenters. The van der Waals surface area contributed by atoms with Crippen LogP contribution in [0.2, 0.25) is 0 Å². The van der Waals surface area contributed by atoms with E-state index < -0.39 is 18.1 Å². The Morgan fingerprint density at radius 2 is 1.77 bits per heavy atom. The zero-order chi connectivity index (χ0) is 33.8. The number of carbonyl (C=O) groups is 4. The first-order valence-electron chi connectivity index (χ1n) is 16.5. The minimum absolute atomic E-state index is 0.0827. The van der Waals surface area contributed by atoms with Gasteiger partial charge in [-0.3, -0.25) is 23.9 Å². The lowest BCUT2D eigenvalue weighted by Crippen LogP contribution is -2.45. The number of nitrogens with zero attached hydrogens (tertiary/aromatic N) is 4. The number of fused-ring (bicyclic) bond motifs is 7. The number of aliphatic hydroxyl groups excluding tert-OH is 1. The normalized spacial score (nSPS) is 20.3.